The molecule has 0 saturated carbocycles. The van der Waals surface area contributed by atoms with Crippen molar-refractivity contribution in [1.82, 2.24) is 9.97 Å². The highest BCUT2D eigenvalue weighted by molar-refractivity contribution is 7.16. The zero-order chi connectivity index (χ0) is 18.8. The number of anilines is 1. The Morgan fingerprint density at radius 2 is 2.26 bits per heavy atom. The van der Waals surface area contributed by atoms with Crippen LogP contribution in [-0.4, -0.2) is 22.5 Å². The molecule has 3 aromatic rings. The number of carbonyl (C=O) groups excluding carboxylic acids is 1. The van der Waals surface area contributed by atoms with Gasteiger partial charge in [-0.2, -0.15) is 5.26 Å². The summed E-state index contributed by atoms with van der Waals surface area (Å²) in [5.41, 5.74) is 2.45. The van der Waals surface area contributed by atoms with E-state index in [9.17, 15) is 10.1 Å². The van der Waals surface area contributed by atoms with E-state index in [1.165, 1.54) is 22.5 Å². The van der Waals surface area contributed by atoms with Crippen LogP contribution in [0.3, 0.4) is 0 Å². The molecule has 0 bridgehead atoms. The predicted octanol–water partition coefficient (Wildman–Crippen LogP) is 3.71. The molecule has 0 aliphatic heterocycles. The normalized spacial score (nSPS) is 15.8. The molecular weight excluding hydrogens is 360 g/mol. The van der Waals surface area contributed by atoms with Gasteiger partial charge < -0.3 is 10.1 Å². The Kier molecular flexibility index (Phi) is 4.73. The number of fused-ring (bicyclic) bond motifs is 2. The molecule has 6 nitrogen and oxygen atoms in total. The summed E-state index contributed by atoms with van der Waals surface area (Å²) in [6.45, 7) is 2.04. The van der Waals surface area contributed by atoms with E-state index < -0.39 is 0 Å². The third-order valence-corrected chi connectivity index (χ3v) is 5.89. The molecule has 27 heavy (non-hydrogen) atoms. The van der Waals surface area contributed by atoms with Gasteiger partial charge in [-0.1, -0.05) is 19.1 Å². The molecule has 0 unspecified atom stereocenters. The molecule has 136 valence electrons. The first-order valence-electron chi connectivity index (χ1n) is 8.82. The number of carbonyl (C=O) groups is 1. The molecule has 7 heteroatoms. The van der Waals surface area contributed by atoms with Crippen LogP contribution in [0, 0.1) is 17.2 Å². The van der Waals surface area contributed by atoms with E-state index in [4.69, 9.17) is 4.74 Å². The number of hydrogen-bond donors (Lipinski definition) is 1. The van der Waals surface area contributed by atoms with Crippen molar-refractivity contribution < 1.29 is 9.53 Å². The zero-order valence-corrected chi connectivity index (χ0v) is 15.7. The zero-order valence-electron chi connectivity index (χ0n) is 14.9. The summed E-state index contributed by atoms with van der Waals surface area (Å²) >= 11 is 1.51. The van der Waals surface area contributed by atoms with Gasteiger partial charge in [0.25, 0.3) is 5.91 Å². The summed E-state index contributed by atoms with van der Waals surface area (Å²) in [6, 6.07) is 9.72. The van der Waals surface area contributed by atoms with Gasteiger partial charge in [0.2, 0.25) is 5.88 Å². The largest absolute Gasteiger partial charge is 0.467 e. The lowest BCUT2D eigenvalue weighted by Crippen LogP contribution is -2.20. The fraction of sp³-hybridized carbons (Fsp3) is 0.300. The Hall–Kier alpha value is -2.98. The van der Waals surface area contributed by atoms with Crippen LogP contribution in [0.2, 0.25) is 0 Å². The minimum Gasteiger partial charge on any atom is -0.467 e. The van der Waals surface area contributed by atoms with Crippen LogP contribution in [0.4, 0.5) is 5.00 Å². The average Bonchev–Trinajstić information content (AvgIpc) is 3.02. The number of rotatable bonds is 4. The van der Waals surface area contributed by atoms with Crippen molar-refractivity contribution in [2.75, 3.05) is 11.9 Å². The lowest BCUT2D eigenvalue weighted by Gasteiger charge is -2.17. The smallest absolute Gasteiger partial charge is 0.263 e. The molecule has 1 aliphatic carbocycles. The summed E-state index contributed by atoms with van der Waals surface area (Å²) in [5.74, 6) is 0.678. The number of hydrogen-bond acceptors (Lipinski definition) is 6. The Labute approximate surface area is 160 Å². The maximum atomic E-state index is 12.4. The summed E-state index contributed by atoms with van der Waals surface area (Å²) in [5, 5.41) is 13.7. The van der Waals surface area contributed by atoms with E-state index in [0.717, 1.165) is 35.7 Å². The Morgan fingerprint density at radius 3 is 3.11 bits per heavy atom. The monoisotopic (exact) mass is 378 g/mol. The van der Waals surface area contributed by atoms with E-state index in [1.807, 2.05) is 24.3 Å². The quantitative estimate of drug-likeness (QED) is 0.748. The topological polar surface area (TPSA) is 87.9 Å². The average molecular weight is 378 g/mol. The first-order valence-corrected chi connectivity index (χ1v) is 9.64. The van der Waals surface area contributed by atoms with Crippen LogP contribution in [0.25, 0.3) is 10.9 Å². The second-order valence-corrected chi connectivity index (χ2v) is 7.81. The van der Waals surface area contributed by atoms with E-state index in [0.29, 0.717) is 22.4 Å². The molecule has 1 atom stereocenters. The standard InChI is InChI=1S/C20H18N4O2S/c1-12-6-7-13-15(9-21)20(27-17(13)8-12)24-18(25)10-26-19-14-4-2-3-5-16(14)22-11-23-19/h2-5,11-12H,6-8,10H2,1H3,(H,24,25)/t12-/m1/s1. The fourth-order valence-corrected chi connectivity index (χ4v) is 4.73. The number of thiophene rings is 1. The lowest BCUT2D eigenvalue weighted by atomic mass is 9.89. The van der Waals surface area contributed by atoms with Crippen LogP contribution in [0.5, 0.6) is 5.88 Å². The molecule has 0 fully saturated rings. The van der Waals surface area contributed by atoms with Crippen molar-refractivity contribution in [2.45, 2.75) is 26.2 Å². The highest BCUT2D eigenvalue weighted by Crippen LogP contribution is 2.39. The number of nitrogens with zero attached hydrogens (tertiary/aromatic N) is 3. The van der Waals surface area contributed by atoms with Crippen molar-refractivity contribution in [3.05, 3.63) is 46.6 Å². The van der Waals surface area contributed by atoms with Crippen LogP contribution in [0.15, 0.2) is 30.6 Å². The highest BCUT2D eigenvalue weighted by Gasteiger charge is 2.24. The minimum atomic E-state index is -0.305. The molecule has 0 spiro atoms. The van der Waals surface area contributed by atoms with Gasteiger partial charge in [0.1, 0.15) is 17.4 Å². The second kappa shape index (κ2) is 7.33. The summed E-state index contributed by atoms with van der Waals surface area (Å²) in [6.07, 6.45) is 4.36. The van der Waals surface area contributed by atoms with Gasteiger partial charge >= 0.3 is 0 Å². The van der Waals surface area contributed by atoms with Gasteiger partial charge in [-0.05, 0) is 42.9 Å². The van der Waals surface area contributed by atoms with Crippen LogP contribution >= 0.6 is 11.3 Å². The molecule has 0 radical (unpaired) electrons. The Morgan fingerprint density at radius 1 is 1.41 bits per heavy atom. The minimum absolute atomic E-state index is 0.176. The highest BCUT2D eigenvalue weighted by atomic mass is 32.1. The van der Waals surface area contributed by atoms with Gasteiger partial charge in [0, 0.05) is 4.88 Å². The predicted molar refractivity (Wildman–Crippen MR) is 104 cm³/mol. The molecule has 1 N–H and O–H groups in total. The van der Waals surface area contributed by atoms with Gasteiger partial charge in [0.15, 0.2) is 6.61 Å². The van der Waals surface area contributed by atoms with Gasteiger partial charge in [-0.25, -0.2) is 9.97 Å². The molecule has 2 aromatic heterocycles. The van der Waals surface area contributed by atoms with Gasteiger partial charge in [-0.15, -0.1) is 11.3 Å². The van der Waals surface area contributed by atoms with Crippen molar-refractivity contribution in [3.8, 4) is 11.9 Å². The number of ether oxygens (including phenoxy) is 1. The Bertz CT molecular complexity index is 1050. The van der Waals surface area contributed by atoms with Crippen molar-refractivity contribution in [1.29, 1.82) is 5.26 Å². The van der Waals surface area contributed by atoms with E-state index in [-0.39, 0.29) is 12.5 Å². The molecule has 4 rings (SSSR count). The van der Waals surface area contributed by atoms with Crippen molar-refractivity contribution >= 4 is 33.1 Å². The third-order valence-electron chi connectivity index (χ3n) is 4.72. The summed E-state index contributed by atoms with van der Waals surface area (Å²) in [7, 11) is 0. The number of para-hydroxylation sites is 1. The first-order chi connectivity index (χ1) is 13.2. The molecule has 1 aliphatic rings. The van der Waals surface area contributed by atoms with E-state index >= 15 is 0 Å². The molecule has 1 aromatic carbocycles. The lowest BCUT2D eigenvalue weighted by molar-refractivity contribution is -0.118. The third kappa shape index (κ3) is 3.49. The summed E-state index contributed by atoms with van der Waals surface area (Å²) in [4.78, 5) is 21.9. The van der Waals surface area contributed by atoms with Gasteiger partial charge in [0.05, 0.1) is 16.5 Å². The van der Waals surface area contributed by atoms with Crippen LogP contribution in [-0.2, 0) is 17.6 Å². The number of nitriles is 1. The number of benzene rings is 1. The molecule has 0 saturated heterocycles. The molecule has 2 heterocycles. The van der Waals surface area contributed by atoms with E-state index in [2.05, 4.69) is 28.3 Å². The van der Waals surface area contributed by atoms with E-state index in [1.54, 1.807) is 0 Å². The molecule has 1 amide bonds. The summed E-state index contributed by atoms with van der Waals surface area (Å²) < 4.78 is 5.60. The Balaban J connectivity index is 1.48. The number of aromatic nitrogens is 2. The first kappa shape index (κ1) is 17.4. The van der Waals surface area contributed by atoms with Gasteiger partial charge in [-0.3, -0.25) is 4.79 Å². The number of amides is 1. The number of nitrogens with one attached hydrogen (secondary N) is 1. The maximum Gasteiger partial charge on any atom is 0.263 e. The van der Waals surface area contributed by atoms with Crippen LogP contribution < -0.4 is 10.1 Å². The van der Waals surface area contributed by atoms with Crippen molar-refractivity contribution in [3.63, 3.8) is 0 Å². The van der Waals surface area contributed by atoms with Crippen LogP contribution in [0.1, 0.15) is 29.3 Å². The maximum absolute atomic E-state index is 12.4. The van der Waals surface area contributed by atoms with Crippen molar-refractivity contribution in [2.24, 2.45) is 5.92 Å². The fourth-order valence-electron chi connectivity index (χ4n) is 3.35. The molecular formula is C20H18N4O2S. The SMILES string of the molecule is C[C@@H]1CCc2c(sc(NC(=O)COc3ncnc4ccccc34)c2C#N)C1. The second-order valence-electron chi connectivity index (χ2n) is 6.70.